The lowest BCUT2D eigenvalue weighted by molar-refractivity contribution is 0.0391. The Kier molecular flexibility index (Phi) is 7.57. The molecule has 224 valence electrons. The van der Waals surface area contributed by atoms with E-state index >= 15 is 4.39 Å². The quantitative estimate of drug-likeness (QED) is 0.269. The lowest BCUT2D eigenvalue weighted by Gasteiger charge is -2.35. The maximum Gasteiger partial charge on any atom is 0.407 e. The van der Waals surface area contributed by atoms with Gasteiger partial charge in [0.15, 0.2) is 11.5 Å². The number of fused-ring (bicyclic) bond motifs is 2. The second-order valence-electron chi connectivity index (χ2n) is 11.7. The Bertz CT molecular complexity index is 1760. The van der Waals surface area contributed by atoms with Gasteiger partial charge in [-0.25, -0.2) is 28.2 Å². The van der Waals surface area contributed by atoms with E-state index in [4.69, 9.17) is 9.47 Å². The molecule has 1 saturated heterocycles. The van der Waals surface area contributed by atoms with E-state index in [1.165, 1.54) is 12.7 Å². The normalized spacial score (nSPS) is 17.7. The van der Waals surface area contributed by atoms with E-state index in [0.29, 0.717) is 36.7 Å². The van der Waals surface area contributed by atoms with E-state index in [2.05, 4.69) is 30.8 Å². The van der Waals surface area contributed by atoms with Crippen LogP contribution >= 0.6 is 0 Å². The number of pyridine rings is 1. The molecule has 2 N–H and O–H groups in total. The van der Waals surface area contributed by atoms with Crippen molar-refractivity contribution in [1.29, 1.82) is 0 Å². The number of aromatic nitrogens is 6. The number of likely N-dealkylation sites (tertiary alicyclic amines) is 1. The van der Waals surface area contributed by atoms with Crippen LogP contribution in [-0.2, 0) is 11.3 Å². The molecular weight excluding hydrogens is 553 g/mol. The standard InChI is InChI=1S/C30H34FN9O3/c1-19-13-21(5-6-25(19)42-22-8-12-39-26(14-22)32-17-34-39)36-28-27-20(7-11-40(27)35-18-33-28)15-38-10-9-24(23(31)16-38)37-29(41)43-30(2,3)4/h5-8,11-14,17-18,23-24H,9-10,15-16H2,1-4H3,(H,37,41)(H,33,35,36)/t23-,24+/m0/s1. The summed E-state index contributed by atoms with van der Waals surface area (Å²) in [6, 6.07) is 10.9. The molecule has 0 saturated carbocycles. The lowest BCUT2D eigenvalue weighted by atomic mass is 10.0. The summed E-state index contributed by atoms with van der Waals surface area (Å²) < 4.78 is 29.9. The van der Waals surface area contributed by atoms with Crippen molar-refractivity contribution in [3.63, 3.8) is 0 Å². The van der Waals surface area contributed by atoms with Crippen LogP contribution < -0.4 is 15.4 Å². The molecule has 1 amide bonds. The van der Waals surface area contributed by atoms with E-state index < -0.39 is 23.9 Å². The Balaban J connectivity index is 1.13. The second kappa shape index (κ2) is 11.5. The lowest BCUT2D eigenvalue weighted by Crippen LogP contribution is -2.52. The first kappa shape index (κ1) is 28.3. The van der Waals surface area contributed by atoms with Crippen molar-refractivity contribution in [2.24, 2.45) is 0 Å². The maximum absolute atomic E-state index is 15.1. The smallest absolute Gasteiger partial charge is 0.407 e. The van der Waals surface area contributed by atoms with Crippen molar-refractivity contribution in [3.05, 3.63) is 72.6 Å². The first-order valence-corrected chi connectivity index (χ1v) is 14.1. The van der Waals surface area contributed by atoms with E-state index in [1.807, 2.05) is 54.4 Å². The van der Waals surface area contributed by atoms with E-state index in [1.54, 1.807) is 36.0 Å². The zero-order valence-electron chi connectivity index (χ0n) is 24.5. The van der Waals surface area contributed by atoms with Gasteiger partial charge in [0.25, 0.3) is 0 Å². The van der Waals surface area contributed by atoms with Crippen LogP contribution in [0.4, 0.5) is 20.7 Å². The van der Waals surface area contributed by atoms with Gasteiger partial charge in [0.1, 0.15) is 41.4 Å². The Hall–Kier alpha value is -4.78. The topological polar surface area (TPSA) is 123 Å². The Morgan fingerprint density at radius 1 is 1.07 bits per heavy atom. The second-order valence-corrected chi connectivity index (χ2v) is 11.7. The summed E-state index contributed by atoms with van der Waals surface area (Å²) in [6.07, 6.45) is 5.33. The van der Waals surface area contributed by atoms with Gasteiger partial charge in [-0.05, 0) is 75.6 Å². The molecule has 12 nitrogen and oxygen atoms in total. The molecule has 1 aliphatic heterocycles. The molecule has 5 heterocycles. The van der Waals surface area contributed by atoms with Gasteiger partial charge in [-0.15, -0.1) is 0 Å². The number of hydrogen-bond acceptors (Lipinski definition) is 9. The first-order chi connectivity index (χ1) is 20.6. The molecule has 13 heteroatoms. The van der Waals surface area contributed by atoms with Crippen molar-refractivity contribution in [3.8, 4) is 11.5 Å². The predicted molar refractivity (Wildman–Crippen MR) is 158 cm³/mol. The molecule has 0 unspecified atom stereocenters. The number of alkyl halides is 1. The third-order valence-electron chi connectivity index (χ3n) is 7.18. The van der Waals surface area contributed by atoms with E-state index in [0.717, 1.165) is 28.1 Å². The summed E-state index contributed by atoms with van der Waals surface area (Å²) in [4.78, 5) is 22.9. The number of piperidine rings is 1. The van der Waals surface area contributed by atoms with Crippen molar-refractivity contribution in [2.75, 3.05) is 18.4 Å². The van der Waals surface area contributed by atoms with Crippen LogP contribution in [-0.4, -0.2) is 71.1 Å². The number of aryl methyl sites for hydroxylation is 1. The minimum absolute atomic E-state index is 0.193. The minimum atomic E-state index is -1.22. The number of carbonyl (C=O) groups is 1. The van der Waals surface area contributed by atoms with Crippen LogP contribution in [0, 0.1) is 6.92 Å². The number of benzene rings is 1. The number of hydrogen-bond donors (Lipinski definition) is 2. The van der Waals surface area contributed by atoms with Crippen LogP contribution in [0.3, 0.4) is 0 Å². The number of carbonyl (C=O) groups excluding carboxylic acids is 1. The number of nitrogens with one attached hydrogen (secondary N) is 2. The number of halogens is 1. The number of ether oxygens (including phenoxy) is 2. The number of amides is 1. The maximum atomic E-state index is 15.1. The Morgan fingerprint density at radius 2 is 1.86 bits per heavy atom. The predicted octanol–water partition coefficient (Wildman–Crippen LogP) is 5.05. The molecule has 6 rings (SSSR count). The third kappa shape index (κ3) is 6.51. The molecular formula is C30H34FN9O3. The molecule has 1 fully saturated rings. The third-order valence-corrected chi connectivity index (χ3v) is 7.18. The van der Waals surface area contributed by atoms with Gasteiger partial charge < -0.3 is 20.1 Å². The van der Waals surface area contributed by atoms with E-state index in [-0.39, 0.29) is 6.54 Å². The van der Waals surface area contributed by atoms with E-state index in [9.17, 15) is 4.79 Å². The van der Waals surface area contributed by atoms with Gasteiger partial charge in [0.05, 0.1) is 6.04 Å². The number of rotatable bonds is 7. The highest BCUT2D eigenvalue weighted by atomic mass is 19.1. The number of nitrogens with zero attached hydrogens (tertiary/aromatic N) is 7. The zero-order valence-corrected chi connectivity index (χ0v) is 24.5. The number of alkyl carbamates (subject to hydrolysis) is 1. The monoisotopic (exact) mass is 587 g/mol. The SMILES string of the molecule is Cc1cc(Nc2ncnn3ccc(CN4CC[C@@H](NC(=O)OC(C)(C)C)[C@@H](F)C4)c23)ccc1Oc1ccn2ncnc2c1. The number of anilines is 2. The zero-order chi connectivity index (χ0) is 30.1. The first-order valence-electron chi connectivity index (χ1n) is 14.1. The van der Waals surface area contributed by atoms with Crippen LogP contribution in [0.5, 0.6) is 11.5 Å². The van der Waals surface area contributed by atoms with Gasteiger partial charge in [0.2, 0.25) is 0 Å². The highest BCUT2D eigenvalue weighted by Crippen LogP contribution is 2.30. The summed E-state index contributed by atoms with van der Waals surface area (Å²) in [5.74, 6) is 2.02. The largest absolute Gasteiger partial charge is 0.457 e. The van der Waals surface area contributed by atoms with Crippen molar-refractivity contribution in [1.82, 2.24) is 39.4 Å². The average Bonchev–Trinajstić information content (AvgIpc) is 3.58. The van der Waals surface area contributed by atoms with Crippen molar-refractivity contribution in [2.45, 2.75) is 58.5 Å². The van der Waals surface area contributed by atoms with Crippen LogP contribution in [0.15, 0.2) is 61.4 Å². The van der Waals surface area contributed by atoms with Gasteiger partial charge in [-0.2, -0.15) is 10.2 Å². The Labute approximate surface area is 247 Å². The molecule has 0 bridgehead atoms. The molecule has 0 aliphatic carbocycles. The molecule has 5 aromatic rings. The molecule has 1 aromatic carbocycles. The molecule has 0 radical (unpaired) electrons. The van der Waals surface area contributed by atoms with Crippen LogP contribution in [0.25, 0.3) is 11.2 Å². The molecule has 0 spiro atoms. The molecule has 1 aliphatic rings. The summed E-state index contributed by atoms with van der Waals surface area (Å²) in [5, 5.41) is 14.6. The van der Waals surface area contributed by atoms with Crippen molar-refractivity contribution < 1.29 is 18.7 Å². The fourth-order valence-corrected chi connectivity index (χ4v) is 5.18. The van der Waals surface area contributed by atoms with Crippen LogP contribution in [0.1, 0.15) is 38.3 Å². The fourth-order valence-electron chi connectivity index (χ4n) is 5.18. The summed E-state index contributed by atoms with van der Waals surface area (Å²) in [7, 11) is 0. The molecule has 43 heavy (non-hydrogen) atoms. The van der Waals surface area contributed by atoms with Gasteiger partial charge >= 0.3 is 6.09 Å². The summed E-state index contributed by atoms with van der Waals surface area (Å²) >= 11 is 0. The highest BCUT2D eigenvalue weighted by molar-refractivity contribution is 5.77. The van der Waals surface area contributed by atoms with Gasteiger partial charge in [-0.3, -0.25) is 4.90 Å². The minimum Gasteiger partial charge on any atom is -0.457 e. The van der Waals surface area contributed by atoms with Gasteiger partial charge in [-0.1, -0.05) is 0 Å². The highest BCUT2D eigenvalue weighted by Gasteiger charge is 2.32. The Morgan fingerprint density at radius 3 is 2.65 bits per heavy atom. The summed E-state index contributed by atoms with van der Waals surface area (Å²) in [6.45, 7) is 8.65. The van der Waals surface area contributed by atoms with Crippen LogP contribution in [0.2, 0.25) is 0 Å². The summed E-state index contributed by atoms with van der Waals surface area (Å²) in [5.41, 5.74) is 3.62. The van der Waals surface area contributed by atoms with Crippen molar-refractivity contribution >= 4 is 28.8 Å². The fraction of sp³-hybridized carbons (Fsp3) is 0.367. The molecule has 4 aromatic heterocycles. The average molecular weight is 588 g/mol. The van der Waals surface area contributed by atoms with Gasteiger partial charge in [0, 0.05) is 43.8 Å². The molecule has 2 atom stereocenters.